The smallest absolute Gasteiger partial charge is 0.338 e. The molecule has 0 radical (unpaired) electrons. The Morgan fingerprint density at radius 3 is 2.16 bits per heavy atom. The Morgan fingerprint density at radius 2 is 1.45 bits per heavy atom. The van der Waals surface area contributed by atoms with Gasteiger partial charge in [0.2, 0.25) is 0 Å². The highest BCUT2D eigenvalue weighted by Crippen LogP contribution is 2.62. The third kappa shape index (κ3) is 7.08. The van der Waals surface area contributed by atoms with E-state index in [1.165, 1.54) is 55.2 Å². The molecule has 51 heavy (non-hydrogen) atoms. The topological polar surface area (TPSA) is 65.5 Å². The summed E-state index contributed by atoms with van der Waals surface area (Å²) in [6.07, 6.45) is 12.2. The zero-order valence-corrected chi connectivity index (χ0v) is 29.8. The molecule has 9 rings (SSSR count). The van der Waals surface area contributed by atoms with E-state index < -0.39 is 0 Å². The number of esters is 1. The number of fused-ring (bicyclic) bond motifs is 1. The van der Waals surface area contributed by atoms with Crippen LogP contribution in [0.2, 0.25) is 0 Å². The molecule has 1 aromatic heterocycles. The fourth-order valence-corrected chi connectivity index (χ4v) is 9.79. The Labute approximate surface area is 301 Å². The van der Waals surface area contributed by atoms with E-state index in [2.05, 4.69) is 48.3 Å². The Morgan fingerprint density at radius 1 is 0.784 bits per heavy atom. The summed E-state index contributed by atoms with van der Waals surface area (Å²) in [4.78, 5) is 30.3. The third-order valence-electron chi connectivity index (χ3n) is 12.0. The van der Waals surface area contributed by atoms with E-state index in [-0.39, 0.29) is 29.7 Å². The highest BCUT2D eigenvalue weighted by atomic mass is 16.5. The second kappa shape index (κ2) is 14.1. The van der Waals surface area contributed by atoms with Crippen molar-refractivity contribution in [2.75, 3.05) is 7.11 Å². The summed E-state index contributed by atoms with van der Waals surface area (Å²) in [5, 5.41) is 2.09. The lowest BCUT2D eigenvalue weighted by Crippen LogP contribution is -2.48. The van der Waals surface area contributed by atoms with Gasteiger partial charge in [0.15, 0.2) is 5.78 Å². The summed E-state index contributed by atoms with van der Waals surface area (Å²) < 4.78 is 11.7. The zero-order valence-electron chi connectivity index (χ0n) is 29.8. The number of Topliss-reactive ketones (excluding diaryl/α,β-unsaturated/α-hetero) is 1. The van der Waals surface area contributed by atoms with Crippen LogP contribution in [-0.2, 0) is 23.2 Å². The molecule has 5 nitrogen and oxygen atoms in total. The third-order valence-corrected chi connectivity index (χ3v) is 12.0. The molecule has 0 unspecified atom stereocenters. The van der Waals surface area contributed by atoms with Crippen LogP contribution >= 0.6 is 0 Å². The van der Waals surface area contributed by atoms with Crippen molar-refractivity contribution in [3.63, 3.8) is 0 Å². The lowest BCUT2D eigenvalue weighted by Gasteiger charge is -2.57. The van der Waals surface area contributed by atoms with Gasteiger partial charge in [0, 0.05) is 29.4 Å². The van der Waals surface area contributed by atoms with Crippen LogP contribution in [0.3, 0.4) is 0 Å². The number of nitrogens with zero attached hydrogens (tertiary/aromatic N) is 1. The SMILES string of the molecule is COc1ccc(-c2ccc3cc(C(=O)OCc4ccc(C(=O)C[C@H](C)CCc5ccccn5)cc4)ccc3c2)cc1C12CC3CC(CC(C3)C1)C2. The molecule has 4 aliphatic rings. The van der Waals surface area contributed by atoms with Gasteiger partial charge in [-0.3, -0.25) is 9.78 Å². The first-order valence-electron chi connectivity index (χ1n) is 18.8. The van der Waals surface area contributed by atoms with Gasteiger partial charge in [-0.05, 0) is 150 Å². The maximum atomic E-state index is 13.1. The van der Waals surface area contributed by atoms with Crippen molar-refractivity contribution in [2.45, 2.75) is 76.7 Å². The van der Waals surface area contributed by atoms with Gasteiger partial charge in [0.25, 0.3) is 0 Å². The van der Waals surface area contributed by atoms with Gasteiger partial charge >= 0.3 is 5.97 Å². The fourth-order valence-electron chi connectivity index (χ4n) is 9.79. The van der Waals surface area contributed by atoms with Crippen LogP contribution in [0.5, 0.6) is 5.75 Å². The first-order chi connectivity index (χ1) is 24.8. The van der Waals surface area contributed by atoms with E-state index in [1.807, 2.05) is 67.8 Å². The van der Waals surface area contributed by atoms with Crippen molar-refractivity contribution in [1.82, 2.24) is 4.98 Å². The summed E-state index contributed by atoms with van der Waals surface area (Å²) in [5.74, 6) is 3.67. The molecule has 260 valence electrons. The molecule has 0 saturated heterocycles. The van der Waals surface area contributed by atoms with Gasteiger partial charge in [-0.2, -0.15) is 0 Å². The van der Waals surface area contributed by atoms with Crippen molar-refractivity contribution < 1.29 is 19.1 Å². The monoisotopic (exact) mass is 677 g/mol. The minimum absolute atomic E-state index is 0.126. The van der Waals surface area contributed by atoms with Crippen molar-refractivity contribution >= 4 is 22.5 Å². The average molecular weight is 678 g/mol. The summed E-state index contributed by atoms with van der Waals surface area (Å²) in [5.41, 5.74) is 7.16. The second-order valence-corrected chi connectivity index (χ2v) is 15.8. The van der Waals surface area contributed by atoms with E-state index in [9.17, 15) is 9.59 Å². The van der Waals surface area contributed by atoms with Gasteiger partial charge in [-0.25, -0.2) is 4.79 Å². The van der Waals surface area contributed by atoms with E-state index in [0.29, 0.717) is 17.5 Å². The standard InChI is InChI=1S/C46H47NO4/c1-30(6-16-41-5-3-4-18-47-41)19-43(48)35-9-7-31(8-10-35)29-51-45(49)40-14-13-36-23-37(11-12-38(36)24-40)39-15-17-44(50-2)42(25-39)46-26-32-20-33(27-46)22-34(21-32)28-46/h3-5,7-15,17-18,23-25,30,32-34H,6,16,19-22,26-29H2,1-2H3/t30-,32?,33?,34?,46?/m1/s1. The van der Waals surface area contributed by atoms with E-state index in [4.69, 9.17) is 9.47 Å². The number of carbonyl (C=O) groups is 2. The Balaban J connectivity index is 0.896. The van der Waals surface area contributed by atoms with E-state index in [0.717, 1.165) is 58.4 Å². The quantitative estimate of drug-likeness (QED) is 0.0971. The van der Waals surface area contributed by atoms with Gasteiger partial charge in [0.05, 0.1) is 12.7 Å². The largest absolute Gasteiger partial charge is 0.496 e. The maximum absolute atomic E-state index is 13.1. The number of methoxy groups -OCH3 is 1. The van der Waals surface area contributed by atoms with Crippen molar-refractivity contribution in [2.24, 2.45) is 23.7 Å². The molecule has 0 N–H and O–H groups in total. The molecule has 0 aliphatic heterocycles. The van der Waals surface area contributed by atoms with Gasteiger partial charge in [-0.1, -0.05) is 61.5 Å². The number of benzene rings is 4. The first kappa shape index (κ1) is 33.4. The highest BCUT2D eigenvalue weighted by molar-refractivity contribution is 5.97. The number of aryl methyl sites for hydroxylation is 1. The maximum Gasteiger partial charge on any atom is 0.338 e. The lowest BCUT2D eigenvalue weighted by atomic mass is 9.48. The van der Waals surface area contributed by atoms with E-state index in [1.54, 1.807) is 6.20 Å². The second-order valence-electron chi connectivity index (χ2n) is 15.8. The molecule has 1 atom stereocenters. The molecule has 5 heteroatoms. The molecule has 4 saturated carbocycles. The van der Waals surface area contributed by atoms with Crippen LogP contribution in [0.15, 0.2) is 103 Å². The zero-order chi connectivity index (χ0) is 35.0. The summed E-state index contributed by atoms with van der Waals surface area (Å²) >= 11 is 0. The Hall–Kier alpha value is -4.77. The van der Waals surface area contributed by atoms with Crippen LogP contribution < -0.4 is 4.74 Å². The van der Waals surface area contributed by atoms with Gasteiger partial charge in [0.1, 0.15) is 12.4 Å². The molecule has 4 bridgehead atoms. The van der Waals surface area contributed by atoms with Crippen LogP contribution in [0.25, 0.3) is 21.9 Å². The summed E-state index contributed by atoms with van der Waals surface area (Å²) in [6, 6.07) is 32.4. The number of hydrogen-bond donors (Lipinski definition) is 0. The van der Waals surface area contributed by atoms with Gasteiger partial charge < -0.3 is 9.47 Å². The lowest BCUT2D eigenvalue weighted by molar-refractivity contribution is -0.00613. The number of ether oxygens (including phenoxy) is 2. The number of carbonyl (C=O) groups excluding carboxylic acids is 2. The van der Waals surface area contributed by atoms with Crippen LogP contribution in [0.1, 0.15) is 95.8 Å². The number of rotatable bonds is 12. The first-order valence-corrected chi connectivity index (χ1v) is 18.8. The van der Waals surface area contributed by atoms with E-state index >= 15 is 0 Å². The summed E-state index contributed by atoms with van der Waals surface area (Å²) in [7, 11) is 1.81. The Kier molecular flexibility index (Phi) is 9.23. The normalized spacial score (nSPS) is 22.5. The molecule has 5 aromatic rings. The molecule has 0 spiro atoms. The minimum atomic E-state index is -0.363. The van der Waals surface area contributed by atoms with Crippen molar-refractivity contribution in [1.29, 1.82) is 0 Å². The number of hydrogen-bond acceptors (Lipinski definition) is 5. The molecule has 4 aliphatic carbocycles. The molecule has 1 heterocycles. The summed E-state index contributed by atoms with van der Waals surface area (Å²) in [6.45, 7) is 2.26. The predicted octanol–water partition coefficient (Wildman–Crippen LogP) is 10.6. The predicted molar refractivity (Wildman–Crippen MR) is 202 cm³/mol. The fraction of sp³-hybridized carbons (Fsp3) is 0.370. The van der Waals surface area contributed by atoms with Crippen molar-refractivity contribution in [3.05, 3.63) is 131 Å². The Bertz CT molecular complexity index is 2010. The molecule has 4 fully saturated rings. The number of pyridine rings is 1. The van der Waals surface area contributed by atoms with Crippen LogP contribution in [0.4, 0.5) is 0 Å². The molecule has 4 aromatic carbocycles. The van der Waals surface area contributed by atoms with Crippen molar-refractivity contribution in [3.8, 4) is 16.9 Å². The molecule has 0 amide bonds. The number of aromatic nitrogens is 1. The minimum Gasteiger partial charge on any atom is -0.496 e. The molecular weight excluding hydrogens is 631 g/mol. The van der Waals surface area contributed by atoms with Crippen LogP contribution in [-0.4, -0.2) is 23.8 Å². The number of ketones is 1. The van der Waals surface area contributed by atoms with Crippen LogP contribution in [0, 0.1) is 23.7 Å². The van der Waals surface area contributed by atoms with Gasteiger partial charge in [-0.15, -0.1) is 0 Å². The highest BCUT2D eigenvalue weighted by Gasteiger charge is 2.52. The molecular formula is C46H47NO4. The average Bonchev–Trinajstić information content (AvgIpc) is 3.15.